The van der Waals surface area contributed by atoms with Gasteiger partial charge in [-0.1, -0.05) is 12.1 Å². The van der Waals surface area contributed by atoms with Crippen LogP contribution in [0.5, 0.6) is 0 Å². The molecule has 140 valence electrons. The van der Waals surface area contributed by atoms with Gasteiger partial charge in [0.05, 0.1) is 24.1 Å². The van der Waals surface area contributed by atoms with E-state index in [1.54, 1.807) is 6.07 Å². The SMILES string of the molecule is COC(=O)c1nc(CN2CCN(c3ccccc3C#N)CC2)c(F)cc1F. The molecule has 1 fully saturated rings. The van der Waals surface area contributed by atoms with Crippen molar-refractivity contribution in [2.75, 3.05) is 38.2 Å². The molecule has 6 nitrogen and oxygen atoms in total. The van der Waals surface area contributed by atoms with E-state index >= 15 is 0 Å². The molecule has 2 heterocycles. The Morgan fingerprint density at radius 1 is 1.22 bits per heavy atom. The topological polar surface area (TPSA) is 69.5 Å². The monoisotopic (exact) mass is 372 g/mol. The maximum atomic E-state index is 14.1. The van der Waals surface area contributed by atoms with E-state index in [1.807, 2.05) is 23.1 Å². The number of nitrogens with zero attached hydrogens (tertiary/aromatic N) is 4. The number of hydrogen-bond acceptors (Lipinski definition) is 6. The number of aromatic nitrogens is 1. The van der Waals surface area contributed by atoms with Crippen LogP contribution in [0.4, 0.5) is 14.5 Å². The van der Waals surface area contributed by atoms with Crippen LogP contribution in [0.3, 0.4) is 0 Å². The van der Waals surface area contributed by atoms with Gasteiger partial charge in [0, 0.05) is 38.8 Å². The average Bonchev–Trinajstić information content (AvgIpc) is 2.70. The number of carbonyl (C=O) groups excluding carboxylic acids is 1. The van der Waals surface area contributed by atoms with Crippen molar-refractivity contribution in [3.63, 3.8) is 0 Å². The molecule has 0 atom stereocenters. The summed E-state index contributed by atoms with van der Waals surface area (Å²) >= 11 is 0. The molecular weight excluding hydrogens is 354 g/mol. The molecule has 1 aliphatic rings. The first kappa shape index (κ1) is 18.7. The molecule has 2 aromatic rings. The number of pyridine rings is 1. The van der Waals surface area contributed by atoms with Crippen LogP contribution in [0.25, 0.3) is 0 Å². The zero-order chi connectivity index (χ0) is 19.4. The quantitative estimate of drug-likeness (QED) is 0.768. The van der Waals surface area contributed by atoms with Crippen molar-refractivity contribution in [3.8, 4) is 6.07 Å². The summed E-state index contributed by atoms with van der Waals surface area (Å²) in [5.74, 6) is -2.77. The van der Waals surface area contributed by atoms with Crippen LogP contribution in [-0.4, -0.2) is 49.1 Å². The van der Waals surface area contributed by atoms with Gasteiger partial charge in [0.2, 0.25) is 0 Å². The lowest BCUT2D eigenvalue weighted by Gasteiger charge is -2.36. The summed E-state index contributed by atoms with van der Waals surface area (Å²) < 4.78 is 32.2. The van der Waals surface area contributed by atoms with Gasteiger partial charge < -0.3 is 9.64 Å². The van der Waals surface area contributed by atoms with Crippen molar-refractivity contribution in [1.82, 2.24) is 9.88 Å². The molecule has 8 heteroatoms. The van der Waals surface area contributed by atoms with Crippen LogP contribution in [0.15, 0.2) is 30.3 Å². The highest BCUT2D eigenvalue weighted by atomic mass is 19.1. The third-order valence-corrected chi connectivity index (χ3v) is 4.49. The number of ether oxygens (including phenoxy) is 1. The van der Waals surface area contributed by atoms with Crippen LogP contribution in [0.1, 0.15) is 21.7 Å². The third-order valence-electron chi connectivity index (χ3n) is 4.49. The second kappa shape index (κ2) is 8.10. The Hall–Kier alpha value is -3.05. The van der Waals surface area contributed by atoms with Crippen LogP contribution in [0, 0.1) is 23.0 Å². The number of methoxy groups -OCH3 is 1. The molecule has 1 aliphatic heterocycles. The third kappa shape index (κ3) is 4.04. The van der Waals surface area contributed by atoms with Crippen LogP contribution >= 0.6 is 0 Å². The van der Waals surface area contributed by atoms with E-state index in [-0.39, 0.29) is 12.2 Å². The fourth-order valence-corrected chi connectivity index (χ4v) is 3.06. The molecule has 0 radical (unpaired) electrons. The van der Waals surface area contributed by atoms with E-state index in [9.17, 15) is 18.8 Å². The van der Waals surface area contributed by atoms with E-state index in [1.165, 1.54) is 0 Å². The van der Waals surface area contributed by atoms with Crippen LogP contribution in [-0.2, 0) is 11.3 Å². The fraction of sp³-hybridized carbons (Fsp3) is 0.316. The van der Waals surface area contributed by atoms with E-state index in [2.05, 4.69) is 20.7 Å². The second-order valence-electron chi connectivity index (χ2n) is 6.13. The number of esters is 1. The van der Waals surface area contributed by atoms with E-state index in [0.717, 1.165) is 12.8 Å². The first-order valence-electron chi connectivity index (χ1n) is 8.43. The second-order valence-corrected chi connectivity index (χ2v) is 6.13. The number of piperazine rings is 1. The number of halogens is 2. The van der Waals surface area contributed by atoms with Crippen molar-refractivity contribution in [1.29, 1.82) is 5.26 Å². The molecular formula is C19H18F2N4O2. The number of anilines is 1. The standard InChI is InChI=1S/C19H18F2N4O2/c1-27-19(26)18-15(21)10-14(20)16(23-18)12-24-6-8-25(9-7-24)17-5-3-2-4-13(17)11-22/h2-5,10H,6-9,12H2,1H3. The smallest absolute Gasteiger partial charge is 0.359 e. The molecule has 1 aromatic heterocycles. The molecule has 0 bridgehead atoms. The summed E-state index contributed by atoms with van der Waals surface area (Å²) in [4.78, 5) is 19.4. The van der Waals surface area contributed by atoms with E-state index < -0.39 is 23.3 Å². The van der Waals surface area contributed by atoms with Crippen molar-refractivity contribution >= 4 is 11.7 Å². The largest absolute Gasteiger partial charge is 0.464 e. The molecule has 0 spiro atoms. The lowest BCUT2D eigenvalue weighted by Crippen LogP contribution is -2.46. The Bertz CT molecular complexity index is 890. The number of benzene rings is 1. The van der Waals surface area contributed by atoms with Gasteiger partial charge in [-0.15, -0.1) is 0 Å². The van der Waals surface area contributed by atoms with Gasteiger partial charge in [-0.2, -0.15) is 5.26 Å². The molecule has 0 amide bonds. The number of nitriles is 1. The summed E-state index contributed by atoms with van der Waals surface area (Å²) in [7, 11) is 1.12. The molecule has 1 saturated heterocycles. The van der Waals surface area contributed by atoms with Gasteiger partial charge in [0.15, 0.2) is 11.5 Å². The summed E-state index contributed by atoms with van der Waals surface area (Å²) in [5, 5.41) is 9.23. The molecule has 27 heavy (non-hydrogen) atoms. The Morgan fingerprint density at radius 2 is 1.93 bits per heavy atom. The summed E-state index contributed by atoms with van der Waals surface area (Å²) in [6.45, 7) is 2.71. The Labute approximate surface area is 155 Å². The van der Waals surface area contributed by atoms with E-state index in [4.69, 9.17) is 0 Å². The minimum atomic E-state index is -1.04. The molecule has 0 saturated carbocycles. The molecule has 0 N–H and O–H groups in total. The van der Waals surface area contributed by atoms with Crippen LogP contribution in [0.2, 0.25) is 0 Å². The Kier molecular flexibility index (Phi) is 5.62. The highest BCUT2D eigenvalue weighted by molar-refractivity contribution is 5.87. The maximum Gasteiger partial charge on any atom is 0.359 e. The first-order valence-corrected chi connectivity index (χ1v) is 8.43. The zero-order valence-corrected chi connectivity index (χ0v) is 14.8. The lowest BCUT2D eigenvalue weighted by atomic mass is 10.1. The normalized spacial score (nSPS) is 14.7. The van der Waals surface area contributed by atoms with Gasteiger partial charge >= 0.3 is 5.97 Å². The minimum absolute atomic E-state index is 0.00248. The number of para-hydroxylation sites is 1. The summed E-state index contributed by atoms with van der Waals surface area (Å²) in [6.07, 6.45) is 0. The summed E-state index contributed by atoms with van der Waals surface area (Å²) in [6, 6.07) is 10.2. The van der Waals surface area contributed by atoms with Crippen LogP contribution < -0.4 is 4.90 Å². The molecule has 0 aliphatic carbocycles. The van der Waals surface area contributed by atoms with Crippen molar-refractivity contribution < 1.29 is 18.3 Å². The number of carbonyl (C=O) groups is 1. The fourth-order valence-electron chi connectivity index (χ4n) is 3.06. The van der Waals surface area contributed by atoms with Crippen molar-refractivity contribution in [2.45, 2.75) is 6.54 Å². The number of hydrogen-bond donors (Lipinski definition) is 0. The number of rotatable bonds is 4. The predicted octanol–water partition coefficient (Wildman–Crippen LogP) is 2.34. The van der Waals surface area contributed by atoms with E-state index in [0.29, 0.717) is 37.8 Å². The lowest BCUT2D eigenvalue weighted by molar-refractivity contribution is 0.0587. The highest BCUT2D eigenvalue weighted by Crippen LogP contribution is 2.22. The minimum Gasteiger partial charge on any atom is -0.464 e. The van der Waals surface area contributed by atoms with Crippen molar-refractivity contribution in [2.24, 2.45) is 0 Å². The highest BCUT2D eigenvalue weighted by Gasteiger charge is 2.23. The Morgan fingerprint density at radius 3 is 2.59 bits per heavy atom. The van der Waals surface area contributed by atoms with Gasteiger partial charge in [0.1, 0.15) is 11.9 Å². The Balaban J connectivity index is 1.69. The summed E-state index contributed by atoms with van der Waals surface area (Å²) in [5.41, 5.74) is 0.969. The van der Waals surface area contributed by atoms with Gasteiger partial charge in [0.25, 0.3) is 0 Å². The molecule has 0 unspecified atom stereocenters. The molecule has 3 rings (SSSR count). The molecule has 1 aromatic carbocycles. The zero-order valence-electron chi connectivity index (χ0n) is 14.8. The van der Waals surface area contributed by atoms with Gasteiger partial charge in [-0.3, -0.25) is 4.90 Å². The first-order chi connectivity index (χ1) is 13.0. The average molecular weight is 372 g/mol. The predicted molar refractivity (Wildman–Crippen MR) is 94.1 cm³/mol. The maximum absolute atomic E-state index is 14.1. The van der Waals surface area contributed by atoms with Gasteiger partial charge in [-0.25, -0.2) is 18.6 Å². The van der Waals surface area contributed by atoms with Crippen molar-refractivity contribution in [3.05, 3.63) is 58.9 Å². The van der Waals surface area contributed by atoms with Gasteiger partial charge in [-0.05, 0) is 12.1 Å².